The van der Waals surface area contributed by atoms with Gasteiger partial charge in [0.05, 0.1) is 0 Å². The summed E-state index contributed by atoms with van der Waals surface area (Å²) in [7, 11) is 4.29. The van der Waals surface area contributed by atoms with Gasteiger partial charge in [0.1, 0.15) is 5.60 Å². The molecule has 0 aromatic carbocycles. The van der Waals surface area contributed by atoms with Gasteiger partial charge in [0.2, 0.25) is 0 Å². The normalized spacial score (nSPS) is 19.2. The van der Waals surface area contributed by atoms with Crippen LogP contribution in [0, 0.1) is 0 Å². The van der Waals surface area contributed by atoms with Gasteiger partial charge >= 0.3 is 6.09 Å². The fourth-order valence-corrected chi connectivity index (χ4v) is 2.87. The third-order valence-corrected chi connectivity index (χ3v) is 4.16. The highest BCUT2D eigenvalue weighted by Crippen LogP contribution is 2.17. The predicted octanol–water partition coefficient (Wildman–Crippen LogP) is 1.25. The molecule has 1 saturated heterocycles. The van der Waals surface area contributed by atoms with E-state index in [-0.39, 0.29) is 6.09 Å². The molecule has 1 amide bonds. The fraction of sp³-hybridized carbons (Fsp3) is 0.938. The first-order chi connectivity index (χ1) is 10.2. The summed E-state index contributed by atoms with van der Waals surface area (Å²) < 4.78 is 5.24. The van der Waals surface area contributed by atoms with Gasteiger partial charge in [-0.2, -0.15) is 0 Å². The number of hydrogen-bond acceptors (Lipinski definition) is 5. The second-order valence-corrected chi connectivity index (χ2v) is 7.34. The Hall–Kier alpha value is -0.850. The van der Waals surface area contributed by atoms with E-state index < -0.39 is 5.60 Å². The quantitative estimate of drug-likeness (QED) is 0.772. The molecule has 1 aliphatic rings. The van der Waals surface area contributed by atoms with E-state index >= 15 is 0 Å². The number of likely N-dealkylation sites (tertiary alicyclic amines) is 1. The lowest BCUT2D eigenvalue weighted by molar-refractivity contribution is 0.0517. The number of amides is 1. The molecule has 1 atom stereocenters. The summed E-state index contributed by atoms with van der Waals surface area (Å²) in [6, 6.07) is 1.01. The zero-order chi connectivity index (χ0) is 16.8. The molecule has 0 radical (unpaired) electrons. The fourth-order valence-electron chi connectivity index (χ4n) is 2.87. The molecule has 0 bridgehead atoms. The molecule has 3 N–H and O–H groups in total. The number of alkyl carbamates (subject to hydrolysis) is 1. The summed E-state index contributed by atoms with van der Waals surface area (Å²) in [5.41, 5.74) is 5.47. The van der Waals surface area contributed by atoms with Crippen LogP contribution in [0.5, 0.6) is 0 Å². The van der Waals surface area contributed by atoms with E-state index in [1.807, 2.05) is 20.8 Å². The van der Waals surface area contributed by atoms with Gasteiger partial charge in [-0.05, 0) is 67.2 Å². The SMILES string of the molecule is CN(C)C1CCN(C(CN)CCNC(=O)OC(C)(C)C)CC1. The Morgan fingerprint density at radius 1 is 1.36 bits per heavy atom. The number of piperidine rings is 1. The van der Waals surface area contributed by atoms with Crippen LogP contribution in [-0.4, -0.2) is 73.9 Å². The smallest absolute Gasteiger partial charge is 0.407 e. The van der Waals surface area contributed by atoms with E-state index in [4.69, 9.17) is 10.5 Å². The molecular formula is C16H34N4O2. The molecule has 1 unspecified atom stereocenters. The van der Waals surface area contributed by atoms with Crippen molar-refractivity contribution in [2.24, 2.45) is 5.73 Å². The molecule has 1 fully saturated rings. The molecule has 22 heavy (non-hydrogen) atoms. The van der Waals surface area contributed by atoms with Crippen molar-refractivity contribution < 1.29 is 9.53 Å². The van der Waals surface area contributed by atoms with E-state index in [9.17, 15) is 4.79 Å². The van der Waals surface area contributed by atoms with E-state index in [1.165, 1.54) is 12.8 Å². The van der Waals surface area contributed by atoms with E-state index in [1.54, 1.807) is 0 Å². The van der Waals surface area contributed by atoms with Crippen LogP contribution in [0.4, 0.5) is 4.79 Å². The highest BCUT2D eigenvalue weighted by molar-refractivity contribution is 5.67. The number of carbonyl (C=O) groups excluding carboxylic acids is 1. The van der Waals surface area contributed by atoms with E-state index in [0.717, 1.165) is 19.5 Å². The van der Waals surface area contributed by atoms with E-state index in [0.29, 0.717) is 25.2 Å². The van der Waals surface area contributed by atoms with Gasteiger partial charge in [0.15, 0.2) is 0 Å². The molecule has 0 aromatic heterocycles. The number of nitrogens with zero attached hydrogens (tertiary/aromatic N) is 2. The number of hydrogen-bond donors (Lipinski definition) is 2. The summed E-state index contributed by atoms with van der Waals surface area (Å²) in [6.45, 7) is 8.99. The maximum Gasteiger partial charge on any atom is 0.407 e. The Morgan fingerprint density at radius 3 is 2.41 bits per heavy atom. The lowest BCUT2D eigenvalue weighted by Crippen LogP contribution is -2.49. The van der Waals surface area contributed by atoms with Crippen LogP contribution >= 0.6 is 0 Å². The van der Waals surface area contributed by atoms with Crippen LogP contribution in [0.15, 0.2) is 0 Å². The van der Waals surface area contributed by atoms with Crippen molar-refractivity contribution in [2.45, 2.75) is 57.7 Å². The number of rotatable bonds is 6. The molecule has 1 rings (SSSR count). The third kappa shape index (κ3) is 6.94. The number of carbonyl (C=O) groups is 1. The number of nitrogens with two attached hydrogens (primary N) is 1. The highest BCUT2D eigenvalue weighted by Gasteiger charge is 2.25. The summed E-state index contributed by atoms with van der Waals surface area (Å²) in [5.74, 6) is 0. The minimum Gasteiger partial charge on any atom is -0.444 e. The molecular weight excluding hydrogens is 280 g/mol. The Labute approximate surface area is 135 Å². The molecule has 6 heteroatoms. The molecule has 0 aromatic rings. The maximum atomic E-state index is 11.6. The van der Waals surface area contributed by atoms with Gasteiger partial charge in [-0.15, -0.1) is 0 Å². The molecule has 0 saturated carbocycles. The van der Waals surface area contributed by atoms with Gasteiger partial charge in [-0.1, -0.05) is 0 Å². The van der Waals surface area contributed by atoms with Gasteiger partial charge in [0.25, 0.3) is 0 Å². The van der Waals surface area contributed by atoms with Crippen LogP contribution in [-0.2, 0) is 4.74 Å². The first-order valence-electron chi connectivity index (χ1n) is 8.30. The van der Waals surface area contributed by atoms with Crippen molar-refractivity contribution >= 4 is 6.09 Å². The zero-order valence-electron chi connectivity index (χ0n) is 14.9. The van der Waals surface area contributed by atoms with Crippen LogP contribution in [0.2, 0.25) is 0 Å². The summed E-state index contributed by atoms with van der Waals surface area (Å²) in [5, 5.41) is 2.82. The second-order valence-electron chi connectivity index (χ2n) is 7.34. The average Bonchev–Trinajstić information content (AvgIpc) is 2.42. The van der Waals surface area contributed by atoms with Gasteiger partial charge in [-0.3, -0.25) is 4.90 Å². The average molecular weight is 314 g/mol. The van der Waals surface area contributed by atoms with Crippen molar-refractivity contribution in [3.63, 3.8) is 0 Å². The standard InChI is InChI=1S/C16H34N4O2/c1-16(2,3)22-15(21)18-9-6-14(12-17)20-10-7-13(8-11-20)19(4)5/h13-14H,6-12,17H2,1-5H3,(H,18,21). The molecule has 6 nitrogen and oxygen atoms in total. The van der Waals surface area contributed by atoms with Crippen LogP contribution in [0.25, 0.3) is 0 Å². The minimum absolute atomic E-state index is 0.332. The van der Waals surface area contributed by atoms with Crippen molar-refractivity contribution in [1.82, 2.24) is 15.1 Å². The minimum atomic E-state index is -0.453. The highest BCUT2D eigenvalue weighted by atomic mass is 16.6. The van der Waals surface area contributed by atoms with Crippen molar-refractivity contribution in [1.29, 1.82) is 0 Å². The Kier molecular flexibility index (Phi) is 7.59. The van der Waals surface area contributed by atoms with Crippen molar-refractivity contribution in [2.75, 3.05) is 40.3 Å². The van der Waals surface area contributed by atoms with Crippen LogP contribution in [0.3, 0.4) is 0 Å². The third-order valence-electron chi connectivity index (χ3n) is 4.16. The summed E-state index contributed by atoms with van der Waals surface area (Å²) >= 11 is 0. The Balaban J connectivity index is 2.30. The second kappa shape index (κ2) is 8.70. The van der Waals surface area contributed by atoms with Crippen LogP contribution in [0.1, 0.15) is 40.0 Å². The molecule has 1 aliphatic heterocycles. The van der Waals surface area contributed by atoms with Gasteiger partial charge < -0.3 is 20.7 Å². The van der Waals surface area contributed by atoms with E-state index in [2.05, 4.69) is 29.2 Å². The van der Waals surface area contributed by atoms with Gasteiger partial charge in [-0.25, -0.2) is 4.79 Å². The maximum absolute atomic E-state index is 11.6. The summed E-state index contributed by atoms with van der Waals surface area (Å²) in [4.78, 5) is 16.4. The molecule has 1 heterocycles. The first kappa shape index (κ1) is 19.2. The van der Waals surface area contributed by atoms with Crippen molar-refractivity contribution in [3.8, 4) is 0 Å². The predicted molar refractivity (Wildman–Crippen MR) is 90.0 cm³/mol. The van der Waals surface area contributed by atoms with Crippen molar-refractivity contribution in [3.05, 3.63) is 0 Å². The number of nitrogens with one attached hydrogen (secondary N) is 1. The topological polar surface area (TPSA) is 70.8 Å². The first-order valence-corrected chi connectivity index (χ1v) is 8.30. The lowest BCUT2D eigenvalue weighted by atomic mass is 10.0. The number of ether oxygens (including phenoxy) is 1. The lowest BCUT2D eigenvalue weighted by Gasteiger charge is -2.39. The molecule has 130 valence electrons. The van der Waals surface area contributed by atoms with Crippen LogP contribution < -0.4 is 11.1 Å². The monoisotopic (exact) mass is 314 g/mol. The largest absolute Gasteiger partial charge is 0.444 e. The molecule has 0 aliphatic carbocycles. The Bertz CT molecular complexity index is 334. The van der Waals surface area contributed by atoms with Gasteiger partial charge in [0, 0.05) is 25.2 Å². The zero-order valence-corrected chi connectivity index (χ0v) is 14.9. The summed E-state index contributed by atoms with van der Waals surface area (Å²) in [6.07, 6.45) is 2.88. The molecule has 0 spiro atoms. The Morgan fingerprint density at radius 2 is 1.95 bits per heavy atom.